The van der Waals surface area contributed by atoms with Crippen LogP contribution in [0.5, 0.6) is 0 Å². The van der Waals surface area contributed by atoms with Crippen LogP contribution in [-0.2, 0) is 0 Å². The fourth-order valence-electron chi connectivity index (χ4n) is 1.21. The number of hydrogen-bond acceptors (Lipinski definition) is 1. The van der Waals surface area contributed by atoms with Crippen molar-refractivity contribution in [2.24, 2.45) is 0 Å². The molecule has 14 heavy (non-hydrogen) atoms. The molecule has 0 aliphatic rings. The first-order valence-electron chi connectivity index (χ1n) is 4.13. The lowest BCUT2D eigenvalue weighted by atomic mass is 10.3. The van der Waals surface area contributed by atoms with Crippen LogP contribution in [0.2, 0.25) is 0 Å². The lowest BCUT2D eigenvalue weighted by molar-refractivity contribution is 0.626. The largest absolute Gasteiger partial charge is 0.240 e. The molecule has 0 N–H and O–H groups in total. The van der Waals surface area contributed by atoms with Crippen molar-refractivity contribution in [2.75, 3.05) is 0 Å². The van der Waals surface area contributed by atoms with E-state index in [1.54, 1.807) is 16.9 Å². The SMILES string of the molecule is Cc1cnn(-c2ccc(F)cc2Br)c1. The summed E-state index contributed by atoms with van der Waals surface area (Å²) in [5.41, 5.74) is 1.90. The quantitative estimate of drug-likeness (QED) is 0.765. The standard InChI is InChI=1S/C10H8BrFN2/c1-7-5-13-14(6-7)10-3-2-8(12)4-9(10)11/h2-6H,1H3. The van der Waals surface area contributed by atoms with Gasteiger partial charge in [-0.15, -0.1) is 0 Å². The summed E-state index contributed by atoms with van der Waals surface area (Å²) in [5.74, 6) is -0.260. The Labute approximate surface area is 89.5 Å². The van der Waals surface area contributed by atoms with E-state index in [9.17, 15) is 4.39 Å². The summed E-state index contributed by atoms with van der Waals surface area (Å²) in [7, 11) is 0. The Balaban J connectivity index is 2.52. The second kappa shape index (κ2) is 3.53. The third-order valence-corrected chi connectivity index (χ3v) is 2.50. The van der Waals surface area contributed by atoms with E-state index in [1.807, 2.05) is 13.1 Å². The highest BCUT2D eigenvalue weighted by atomic mass is 79.9. The van der Waals surface area contributed by atoms with Gasteiger partial charge in [0.15, 0.2) is 0 Å². The van der Waals surface area contributed by atoms with E-state index < -0.39 is 0 Å². The Bertz CT molecular complexity index is 465. The van der Waals surface area contributed by atoms with Crippen molar-refractivity contribution in [3.63, 3.8) is 0 Å². The number of rotatable bonds is 1. The van der Waals surface area contributed by atoms with Gasteiger partial charge in [0.2, 0.25) is 0 Å². The molecular formula is C10H8BrFN2. The minimum Gasteiger partial charge on any atom is -0.240 e. The highest BCUT2D eigenvalue weighted by molar-refractivity contribution is 9.10. The second-order valence-electron chi connectivity index (χ2n) is 3.06. The van der Waals surface area contributed by atoms with Crippen molar-refractivity contribution in [1.29, 1.82) is 0 Å². The molecule has 1 aromatic heterocycles. The Kier molecular flexibility index (Phi) is 2.37. The molecule has 2 rings (SSSR count). The molecule has 0 saturated carbocycles. The van der Waals surface area contributed by atoms with Crippen LogP contribution in [0.3, 0.4) is 0 Å². The van der Waals surface area contributed by atoms with Crippen LogP contribution in [0.15, 0.2) is 35.1 Å². The smallest absolute Gasteiger partial charge is 0.124 e. The van der Waals surface area contributed by atoms with Gasteiger partial charge >= 0.3 is 0 Å². The van der Waals surface area contributed by atoms with Gasteiger partial charge in [0.1, 0.15) is 5.82 Å². The second-order valence-corrected chi connectivity index (χ2v) is 3.91. The average molecular weight is 255 g/mol. The Morgan fingerprint density at radius 2 is 2.21 bits per heavy atom. The highest BCUT2D eigenvalue weighted by Crippen LogP contribution is 2.21. The van der Waals surface area contributed by atoms with Crippen molar-refractivity contribution in [3.8, 4) is 5.69 Å². The van der Waals surface area contributed by atoms with Gasteiger partial charge in [0.25, 0.3) is 0 Å². The Hall–Kier alpha value is -1.16. The van der Waals surface area contributed by atoms with Crippen LogP contribution in [0.25, 0.3) is 5.69 Å². The number of benzene rings is 1. The molecule has 4 heteroatoms. The maximum atomic E-state index is 12.8. The molecule has 0 aliphatic carbocycles. The first-order valence-corrected chi connectivity index (χ1v) is 4.93. The minimum absolute atomic E-state index is 0.260. The van der Waals surface area contributed by atoms with Crippen molar-refractivity contribution in [3.05, 3.63) is 46.4 Å². The molecule has 0 atom stereocenters. The lowest BCUT2D eigenvalue weighted by Crippen LogP contribution is -1.95. The number of aryl methyl sites for hydroxylation is 1. The van der Waals surface area contributed by atoms with Crippen LogP contribution >= 0.6 is 15.9 Å². The maximum Gasteiger partial charge on any atom is 0.124 e. The first-order chi connectivity index (χ1) is 6.66. The lowest BCUT2D eigenvalue weighted by Gasteiger charge is -2.03. The summed E-state index contributed by atoms with van der Waals surface area (Å²) in [6, 6.07) is 4.52. The van der Waals surface area contributed by atoms with E-state index in [2.05, 4.69) is 21.0 Å². The van der Waals surface area contributed by atoms with E-state index in [4.69, 9.17) is 0 Å². The molecule has 1 aromatic carbocycles. The zero-order chi connectivity index (χ0) is 10.1. The van der Waals surface area contributed by atoms with Gasteiger partial charge in [-0.3, -0.25) is 0 Å². The predicted molar refractivity (Wildman–Crippen MR) is 56.0 cm³/mol. The van der Waals surface area contributed by atoms with E-state index >= 15 is 0 Å². The maximum absolute atomic E-state index is 12.8. The number of hydrogen-bond donors (Lipinski definition) is 0. The normalized spacial score (nSPS) is 10.5. The number of halogens is 2. The fourth-order valence-corrected chi connectivity index (χ4v) is 1.74. The molecule has 2 nitrogen and oxygen atoms in total. The zero-order valence-electron chi connectivity index (χ0n) is 7.54. The minimum atomic E-state index is -0.260. The van der Waals surface area contributed by atoms with Crippen LogP contribution in [0, 0.1) is 12.7 Å². The monoisotopic (exact) mass is 254 g/mol. The van der Waals surface area contributed by atoms with E-state index in [0.29, 0.717) is 4.47 Å². The van der Waals surface area contributed by atoms with E-state index in [0.717, 1.165) is 11.3 Å². The molecule has 0 radical (unpaired) electrons. The molecule has 0 saturated heterocycles. The summed E-state index contributed by atoms with van der Waals surface area (Å²) in [6.07, 6.45) is 3.65. The summed E-state index contributed by atoms with van der Waals surface area (Å²) in [4.78, 5) is 0. The van der Waals surface area contributed by atoms with Crippen molar-refractivity contribution in [2.45, 2.75) is 6.92 Å². The third-order valence-electron chi connectivity index (χ3n) is 1.87. The van der Waals surface area contributed by atoms with Crippen LogP contribution in [0.1, 0.15) is 5.56 Å². The molecule has 0 spiro atoms. The third kappa shape index (κ3) is 1.70. The zero-order valence-corrected chi connectivity index (χ0v) is 9.12. The van der Waals surface area contributed by atoms with Gasteiger partial charge in [0, 0.05) is 10.7 Å². The number of aromatic nitrogens is 2. The number of nitrogens with zero attached hydrogens (tertiary/aromatic N) is 2. The van der Waals surface area contributed by atoms with E-state index in [-0.39, 0.29) is 5.82 Å². The molecule has 0 bridgehead atoms. The summed E-state index contributed by atoms with van der Waals surface area (Å²) in [5, 5.41) is 4.14. The molecule has 0 amide bonds. The summed E-state index contributed by atoms with van der Waals surface area (Å²) < 4.78 is 15.2. The van der Waals surface area contributed by atoms with Crippen LogP contribution in [-0.4, -0.2) is 9.78 Å². The van der Waals surface area contributed by atoms with Crippen molar-refractivity contribution >= 4 is 15.9 Å². The molecule has 1 heterocycles. The van der Waals surface area contributed by atoms with Crippen molar-refractivity contribution < 1.29 is 4.39 Å². The van der Waals surface area contributed by atoms with Crippen molar-refractivity contribution in [1.82, 2.24) is 9.78 Å². The first kappa shape index (κ1) is 9.40. The van der Waals surface area contributed by atoms with Gasteiger partial charge in [-0.05, 0) is 46.6 Å². The fraction of sp³-hybridized carbons (Fsp3) is 0.100. The van der Waals surface area contributed by atoms with Gasteiger partial charge in [-0.2, -0.15) is 5.10 Å². The van der Waals surface area contributed by atoms with Gasteiger partial charge < -0.3 is 0 Å². The topological polar surface area (TPSA) is 17.8 Å². The van der Waals surface area contributed by atoms with Crippen LogP contribution < -0.4 is 0 Å². The molecule has 0 fully saturated rings. The molecule has 0 aliphatic heterocycles. The Morgan fingerprint density at radius 1 is 1.43 bits per heavy atom. The van der Waals surface area contributed by atoms with E-state index in [1.165, 1.54) is 12.1 Å². The molecule has 72 valence electrons. The Morgan fingerprint density at radius 3 is 2.79 bits per heavy atom. The van der Waals surface area contributed by atoms with Crippen LogP contribution in [0.4, 0.5) is 4.39 Å². The molecular weight excluding hydrogens is 247 g/mol. The predicted octanol–water partition coefficient (Wildman–Crippen LogP) is 3.08. The summed E-state index contributed by atoms with van der Waals surface area (Å²) in [6.45, 7) is 1.96. The van der Waals surface area contributed by atoms with Gasteiger partial charge in [-0.25, -0.2) is 9.07 Å². The average Bonchev–Trinajstić information content (AvgIpc) is 2.51. The molecule has 2 aromatic rings. The summed E-state index contributed by atoms with van der Waals surface area (Å²) >= 11 is 3.29. The van der Waals surface area contributed by atoms with Gasteiger partial charge in [-0.1, -0.05) is 0 Å². The van der Waals surface area contributed by atoms with Gasteiger partial charge in [0.05, 0.1) is 11.9 Å². The highest BCUT2D eigenvalue weighted by Gasteiger charge is 2.04. The molecule has 0 unspecified atom stereocenters.